The van der Waals surface area contributed by atoms with Crippen LogP contribution in [0.25, 0.3) is 10.9 Å². The van der Waals surface area contributed by atoms with Gasteiger partial charge in [-0.25, -0.2) is 14.8 Å². The molecule has 3 rings (SSSR count). The van der Waals surface area contributed by atoms with Crippen molar-refractivity contribution in [1.82, 2.24) is 9.88 Å². The van der Waals surface area contributed by atoms with Crippen LogP contribution in [0.4, 0.5) is 0 Å². The molecule has 1 aromatic heterocycles. The normalized spacial score (nSPS) is 18.9. The van der Waals surface area contributed by atoms with E-state index in [0.717, 1.165) is 10.3 Å². The fourth-order valence-corrected chi connectivity index (χ4v) is 2.92. The molecule has 2 aromatic rings. The van der Waals surface area contributed by atoms with Gasteiger partial charge in [0, 0.05) is 5.39 Å². The van der Waals surface area contributed by atoms with Crippen molar-refractivity contribution >= 4 is 28.6 Å². The third kappa shape index (κ3) is 3.03. The molecule has 1 aliphatic heterocycles. The molecule has 1 aromatic carbocycles. The van der Waals surface area contributed by atoms with Gasteiger partial charge in [-0.05, 0) is 25.0 Å². The highest BCUT2D eigenvalue weighted by molar-refractivity contribution is 6.19. The minimum Gasteiger partial charge on any atom is -0.458 e. The molecule has 142 valence electrons. The van der Waals surface area contributed by atoms with Crippen LogP contribution in [0, 0.1) is 17.4 Å². The molecular weight excluding hydrogens is 356 g/mol. The molecule has 0 spiro atoms. The summed E-state index contributed by atoms with van der Waals surface area (Å²) < 4.78 is 5.18. The molecule has 1 amide bonds. The lowest BCUT2D eigenvalue weighted by Gasteiger charge is -2.22. The Hall–Kier alpha value is -3.53. The number of amidine groups is 1. The molecule has 7 heteroatoms. The van der Waals surface area contributed by atoms with Crippen molar-refractivity contribution in [1.29, 1.82) is 5.26 Å². The molecule has 0 N–H and O–H groups in total. The Morgan fingerprint density at radius 2 is 2.14 bits per heavy atom. The molecule has 7 nitrogen and oxygen atoms in total. The van der Waals surface area contributed by atoms with Crippen molar-refractivity contribution < 1.29 is 14.3 Å². The lowest BCUT2D eigenvalue weighted by molar-refractivity contribution is -0.129. The van der Waals surface area contributed by atoms with Gasteiger partial charge in [0.1, 0.15) is 17.8 Å². The number of hydrogen-bond donors (Lipinski definition) is 0. The number of benzene rings is 1. The molecule has 0 radical (unpaired) electrons. The van der Waals surface area contributed by atoms with E-state index in [-0.39, 0.29) is 29.6 Å². The fourth-order valence-electron chi connectivity index (χ4n) is 2.92. The van der Waals surface area contributed by atoms with Gasteiger partial charge in [-0.3, -0.25) is 4.79 Å². The summed E-state index contributed by atoms with van der Waals surface area (Å²) in [7, 11) is 0. The van der Waals surface area contributed by atoms with Crippen LogP contribution in [0.3, 0.4) is 0 Å². The van der Waals surface area contributed by atoms with Gasteiger partial charge in [0.15, 0.2) is 12.0 Å². The summed E-state index contributed by atoms with van der Waals surface area (Å²) in [5.74, 6) is -1.16. The molecule has 0 fully saturated rings. The number of aliphatic imine (C=N–C) groups is 1. The molecule has 1 unspecified atom stereocenters. The standard InChI is InChI=1S/C21H20N4O3/c1-5-10-28-19(26)15-11-14-8-6-7-9-16(14)23-17(15)18-24-21(4,13(2)3)20(27)25(18)12-22/h5-9,11,13H,1,10H2,2-4H3. The van der Waals surface area contributed by atoms with Crippen LogP contribution in [0.2, 0.25) is 0 Å². The van der Waals surface area contributed by atoms with Crippen molar-refractivity contribution in [2.75, 3.05) is 6.61 Å². The van der Waals surface area contributed by atoms with Gasteiger partial charge in [-0.15, -0.1) is 0 Å². The Bertz CT molecular complexity index is 1050. The molecule has 2 heterocycles. The van der Waals surface area contributed by atoms with Crippen LogP contribution in [0.1, 0.15) is 36.8 Å². The maximum Gasteiger partial charge on any atom is 0.340 e. The molecule has 0 bridgehead atoms. The van der Waals surface area contributed by atoms with E-state index < -0.39 is 17.4 Å². The first-order valence-electron chi connectivity index (χ1n) is 8.85. The fraction of sp³-hybridized carbons (Fsp3) is 0.286. The first-order valence-corrected chi connectivity index (χ1v) is 8.85. The highest BCUT2D eigenvalue weighted by atomic mass is 16.5. The molecule has 0 saturated carbocycles. The third-order valence-electron chi connectivity index (χ3n) is 4.90. The summed E-state index contributed by atoms with van der Waals surface area (Å²) in [6, 6.07) is 8.88. The molecule has 0 saturated heterocycles. The zero-order valence-corrected chi connectivity index (χ0v) is 16.0. The number of nitriles is 1. The number of carbonyl (C=O) groups excluding carboxylic acids is 2. The Morgan fingerprint density at radius 3 is 2.79 bits per heavy atom. The number of hydrogen-bond acceptors (Lipinski definition) is 6. The second-order valence-electron chi connectivity index (χ2n) is 6.94. The highest BCUT2D eigenvalue weighted by Gasteiger charge is 2.48. The number of aromatic nitrogens is 1. The largest absolute Gasteiger partial charge is 0.458 e. The molecule has 28 heavy (non-hydrogen) atoms. The monoisotopic (exact) mass is 376 g/mol. The lowest BCUT2D eigenvalue weighted by atomic mass is 9.89. The maximum atomic E-state index is 12.8. The zero-order chi connectivity index (χ0) is 20.5. The smallest absolute Gasteiger partial charge is 0.340 e. The van der Waals surface area contributed by atoms with Crippen LogP contribution in [0.15, 0.2) is 48.0 Å². The number of nitrogens with zero attached hydrogens (tertiary/aromatic N) is 4. The third-order valence-corrected chi connectivity index (χ3v) is 4.90. The molecule has 1 atom stereocenters. The topological polar surface area (TPSA) is 95.7 Å². The number of fused-ring (bicyclic) bond motifs is 1. The zero-order valence-electron chi connectivity index (χ0n) is 16.0. The molecular formula is C21H20N4O3. The predicted octanol–water partition coefficient (Wildman–Crippen LogP) is 3.06. The number of para-hydroxylation sites is 1. The van der Waals surface area contributed by atoms with Crippen molar-refractivity contribution in [3.8, 4) is 6.19 Å². The van der Waals surface area contributed by atoms with Crippen LogP contribution in [0.5, 0.6) is 0 Å². The number of carbonyl (C=O) groups is 2. The van der Waals surface area contributed by atoms with E-state index in [9.17, 15) is 14.9 Å². The van der Waals surface area contributed by atoms with Gasteiger partial charge in [-0.2, -0.15) is 10.2 Å². The number of amides is 1. The van der Waals surface area contributed by atoms with Crippen LogP contribution >= 0.6 is 0 Å². The summed E-state index contributed by atoms with van der Waals surface area (Å²) in [5.41, 5.74) is -0.211. The summed E-state index contributed by atoms with van der Waals surface area (Å²) in [6.07, 6.45) is 3.33. The van der Waals surface area contributed by atoms with Crippen LogP contribution in [-0.4, -0.2) is 39.7 Å². The van der Waals surface area contributed by atoms with E-state index in [4.69, 9.17) is 4.74 Å². The minimum atomic E-state index is -1.11. The van der Waals surface area contributed by atoms with E-state index >= 15 is 0 Å². The van der Waals surface area contributed by atoms with Crippen molar-refractivity contribution in [3.63, 3.8) is 0 Å². The van der Waals surface area contributed by atoms with Gasteiger partial charge >= 0.3 is 5.97 Å². The van der Waals surface area contributed by atoms with Crippen molar-refractivity contribution in [2.24, 2.45) is 10.9 Å². The quantitative estimate of drug-likeness (QED) is 0.454. The lowest BCUT2D eigenvalue weighted by Crippen LogP contribution is -2.42. The maximum absolute atomic E-state index is 12.8. The van der Waals surface area contributed by atoms with Gasteiger partial charge in [0.05, 0.1) is 11.1 Å². The van der Waals surface area contributed by atoms with Crippen LogP contribution in [-0.2, 0) is 9.53 Å². The Balaban J connectivity index is 2.25. The van der Waals surface area contributed by atoms with Crippen molar-refractivity contribution in [3.05, 3.63) is 54.2 Å². The van der Waals surface area contributed by atoms with E-state index in [1.165, 1.54) is 6.08 Å². The second-order valence-corrected chi connectivity index (χ2v) is 6.94. The Morgan fingerprint density at radius 1 is 1.43 bits per heavy atom. The highest BCUT2D eigenvalue weighted by Crippen LogP contribution is 2.32. The molecule has 0 aliphatic carbocycles. The first kappa shape index (κ1) is 19.2. The van der Waals surface area contributed by atoms with Crippen molar-refractivity contribution in [2.45, 2.75) is 26.3 Å². The molecule has 1 aliphatic rings. The predicted molar refractivity (Wildman–Crippen MR) is 104 cm³/mol. The number of pyridine rings is 1. The second kappa shape index (κ2) is 7.24. The van der Waals surface area contributed by atoms with E-state index in [2.05, 4.69) is 16.6 Å². The van der Waals surface area contributed by atoms with Gasteiger partial charge in [0.2, 0.25) is 0 Å². The average molecular weight is 376 g/mol. The first-order chi connectivity index (χ1) is 13.3. The van der Waals surface area contributed by atoms with E-state index in [0.29, 0.717) is 5.52 Å². The van der Waals surface area contributed by atoms with E-state index in [1.807, 2.05) is 38.2 Å². The summed E-state index contributed by atoms with van der Waals surface area (Å²) in [6.45, 7) is 8.95. The van der Waals surface area contributed by atoms with Gasteiger partial charge in [0.25, 0.3) is 5.91 Å². The number of ether oxygens (including phenoxy) is 1. The van der Waals surface area contributed by atoms with E-state index in [1.54, 1.807) is 19.1 Å². The van der Waals surface area contributed by atoms with Gasteiger partial charge in [-0.1, -0.05) is 44.7 Å². The Labute approximate surface area is 163 Å². The number of esters is 1. The summed E-state index contributed by atoms with van der Waals surface area (Å²) >= 11 is 0. The van der Waals surface area contributed by atoms with Gasteiger partial charge < -0.3 is 4.74 Å². The summed E-state index contributed by atoms with van der Waals surface area (Å²) in [5, 5.41) is 10.3. The summed E-state index contributed by atoms with van der Waals surface area (Å²) in [4.78, 5) is 35.5. The number of rotatable bonds is 5. The average Bonchev–Trinajstić information content (AvgIpc) is 2.96. The SMILES string of the molecule is C=CCOC(=O)c1cc2ccccc2nc1C1=NC(C)(C(C)C)C(=O)N1C#N. The Kier molecular flexibility index (Phi) is 4.97. The van der Waals surface area contributed by atoms with Crippen LogP contribution < -0.4 is 0 Å². The minimum absolute atomic E-state index is 0.0299.